The molecule has 4 N–H and O–H groups in total. The number of nitrogens with one attached hydrogen (secondary N) is 1. The number of rotatable bonds is 4. The van der Waals surface area contributed by atoms with Gasteiger partial charge in [0.2, 0.25) is 5.60 Å². The molecule has 0 radical (unpaired) electrons. The van der Waals surface area contributed by atoms with E-state index in [9.17, 15) is 24.5 Å². The van der Waals surface area contributed by atoms with Crippen molar-refractivity contribution in [2.24, 2.45) is 0 Å². The lowest BCUT2D eigenvalue weighted by molar-refractivity contribution is -0.206. The van der Waals surface area contributed by atoms with Gasteiger partial charge in [0.1, 0.15) is 12.9 Å². The topological polar surface area (TPSA) is 152 Å². The summed E-state index contributed by atoms with van der Waals surface area (Å²) in [5.41, 5.74) is -2.43. The normalized spacial score (nSPS) is 30.2. The Kier molecular flexibility index (Phi) is 4.70. The number of halogens is 1. The second-order valence-corrected chi connectivity index (χ2v) is 5.68. The van der Waals surface area contributed by atoms with E-state index in [-0.39, 0.29) is 23.6 Å². The summed E-state index contributed by atoms with van der Waals surface area (Å²) >= 11 is 0. The lowest BCUT2D eigenvalue weighted by Gasteiger charge is -2.26. The van der Waals surface area contributed by atoms with E-state index < -0.39 is 36.5 Å². The monoisotopic (exact) mass is 381 g/mol. The minimum Gasteiger partial charge on any atom is -0.450 e. The molecule has 1 saturated heterocycles. The predicted octanol–water partition coefficient (Wildman–Crippen LogP) is -0.693. The van der Waals surface area contributed by atoms with Gasteiger partial charge in [-0.1, -0.05) is 5.92 Å². The Hall–Kier alpha value is -2.85. The van der Waals surface area contributed by atoms with Crippen molar-refractivity contribution in [1.82, 2.24) is 19.5 Å². The second kappa shape index (κ2) is 6.71. The molecule has 12 heteroatoms. The van der Waals surface area contributed by atoms with Crippen LogP contribution in [0.1, 0.15) is 13.2 Å². The zero-order chi connectivity index (χ0) is 19.8. The van der Waals surface area contributed by atoms with Crippen LogP contribution in [0, 0.1) is 12.3 Å². The highest BCUT2D eigenvalue weighted by molar-refractivity contribution is 5.93. The van der Waals surface area contributed by atoms with Crippen molar-refractivity contribution >= 4 is 23.1 Å². The Morgan fingerprint density at radius 1 is 1.56 bits per heavy atom. The van der Waals surface area contributed by atoms with Gasteiger partial charge in [-0.2, -0.15) is 0 Å². The number of terminal acetylenes is 1. The quantitative estimate of drug-likeness (QED) is 0.504. The van der Waals surface area contributed by atoms with E-state index in [0.29, 0.717) is 0 Å². The Morgan fingerprint density at radius 2 is 2.30 bits per heavy atom. The molecule has 0 saturated carbocycles. The van der Waals surface area contributed by atoms with Crippen molar-refractivity contribution in [2.45, 2.75) is 30.7 Å². The number of aliphatic hydroxyl groups excluding tert-OH is 2. The number of imidazole rings is 1. The van der Waals surface area contributed by atoms with E-state index in [4.69, 9.17) is 15.9 Å². The number of amides is 1. The van der Waals surface area contributed by atoms with E-state index in [1.54, 1.807) is 6.92 Å². The third-order valence-corrected chi connectivity index (χ3v) is 4.06. The zero-order valence-corrected chi connectivity index (χ0v) is 14.0. The number of aromatic nitrogens is 4. The van der Waals surface area contributed by atoms with Gasteiger partial charge in [0.05, 0.1) is 12.9 Å². The van der Waals surface area contributed by atoms with Crippen LogP contribution in [0.4, 0.5) is 15.0 Å². The van der Waals surface area contributed by atoms with E-state index in [0.717, 1.165) is 17.2 Å². The van der Waals surface area contributed by atoms with Gasteiger partial charge < -0.3 is 24.8 Å². The van der Waals surface area contributed by atoms with E-state index in [2.05, 4.69) is 20.3 Å². The van der Waals surface area contributed by atoms with E-state index in [1.807, 2.05) is 5.92 Å². The molecule has 0 bridgehead atoms. The van der Waals surface area contributed by atoms with Crippen LogP contribution in [0.15, 0.2) is 12.7 Å². The third-order valence-electron chi connectivity index (χ3n) is 4.06. The van der Waals surface area contributed by atoms with Crippen molar-refractivity contribution in [3.63, 3.8) is 0 Å². The number of aliphatic hydroxyl groups is 3. The SMILES string of the molecule is C#C[C@]1(O)[C@H](n2cnc3c(NC(=O)OCC)ncnc32)O[C@](F)(CO)[C@H]1O. The average Bonchev–Trinajstić information content (AvgIpc) is 3.17. The molecule has 4 atom stereocenters. The first-order valence-electron chi connectivity index (χ1n) is 7.77. The molecule has 3 heterocycles. The first kappa shape index (κ1) is 18.9. The van der Waals surface area contributed by atoms with Crippen molar-refractivity contribution < 1.29 is 34.0 Å². The first-order valence-corrected chi connectivity index (χ1v) is 7.77. The summed E-state index contributed by atoms with van der Waals surface area (Å²) in [6.45, 7) is 0.515. The van der Waals surface area contributed by atoms with Gasteiger partial charge in [-0.15, -0.1) is 6.42 Å². The van der Waals surface area contributed by atoms with Crippen LogP contribution in [-0.2, 0) is 9.47 Å². The highest BCUT2D eigenvalue weighted by Gasteiger charge is 2.64. The number of nitrogens with zero attached hydrogens (tertiary/aromatic N) is 4. The van der Waals surface area contributed by atoms with Crippen LogP contribution in [0.5, 0.6) is 0 Å². The molecule has 27 heavy (non-hydrogen) atoms. The molecule has 144 valence electrons. The molecule has 11 nitrogen and oxygen atoms in total. The number of hydrogen-bond donors (Lipinski definition) is 4. The molecule has 2 aromatic heterocycles. The number of carbonyl (C=O) groups is 1. The van der Waals surface area contributed by atoms with Gasteiger partial charge in [0, 0.05) is 0 Å². The molecule has 2 aromatic rings. The minimum absolute atomic E-state index is 0.00587. The van der Waals surface area contributed by atoms with E-state index >= 15 is 0 Å². The molecule has 3 rings (SSSR count). The lowest BCUT2D eigenvalue weighted by atomic mass is 9.94. The Labute approximate surface area is 151 Å². The molecule has 0 spiro atoms. The largest absolute Gasteiger partial charge is 0.450 e. The van der Waals surface area contributed by atoms with E-state index in [1.165, 1.54) is 0 Å². The van der Waals surface area contributed by atoms with Crippen LogP contribution < -0.4 is 5.32 Å². The van der Waals surface area contributed by atoms with Gasteiger partial charge in [0.25, 0.3) is 5.85 Å². The van der Waals surface area contributed by atoms with Crippen LogP contribution in [0.2, 0.25) is 0 Å². The first-order chi connectivity index (χ1) is 12.8. The highest BCUT2D eigenvalue weighted by Crippen LogP contribution is 2.45. The van der Waals surface area contributed by atoms with Gasteiger partial charge in [0.15, 0.2) is 29.3 Å². The predicted molar refractivity (Wildman–Crippen MR) is 86.8 cm³/mol. The number of hydrogen-bond acceptors (Lipinski definition) is 9. The van der Waals surface area contributed by atoms with Gasteiger partial charge in [-0.05, 0) is 6.92 Å². The Bertz CT molecular complexity index is 916. The maximum absolute atomic E-state index is 14.6. The number of fused-ring (bicyclic) bond motifs is 1. The molecule has 0 aromatic carbocycles. The molecule has 0 aliphatic carbocycles. The zero-order valence-electron chi connectivity index (χ0n) is 14.0. The van der Waals surface area contributed by atoms with Crippen LogP contribution in [0.25, 0.3) is 11.2 Å². The summed E-state index contributed by atoms with van der Waals surface area (Å²) < 4.78 is 25.4. The summed E-state index contributed by atoms with van der Waals surface area (Å²) in [5, 5.41) is 32.2. The standard InChI is InChI=1S/C15H16FN5O6/c1-3-14(25)11(23)15(16,5-22)27-12(14)21-7-19-8-9(17-6-18-10(8)21)20-13(24)26-4-2/h1,6-7,11-12,22-23,25H,4-5H2,2H3,(H,17,18,20,24)/t11-,12+,14+,15+/m0/s1. The smallest absolute Gasteiger partial charge is 0.412 e. The number of carbonyl (C=O) groups excluding carboxylic acids is 1. The highest BCUT2D eigenvalue weighted by atomic mass is 19.2. The fraction of sp³-hybridized carbons (Fsp3) is 0.467. The Balaban J connectivity index is 2.05. The number of alkyl halides is 1. The number of ether oxygens (including phenoxy) is 2. The maximum atomic E-state index is 14.6. The van der Waals surface area contributed by atoms with Crippen molar-refractivity contribution in [3.8, 4) is 12.3 Å². The summed E-state index contributed by atoms with van der Waals surface area (Å²) in [6, 6.07) is 0. The van der Waals surface area contributed by atoms with Crippen LogP contribution >= 0.6 is 0 Å². The van der Waals surface area contributed by atoms with Crippen molar-refractivity contribution in [1.29, 1.82) is 0 Å². The molecular weight excluding hydrogens is 365 g/mol. The third kappa shape index (κ3) is 2.86. The lowest BCUT2D eigenvalue weighted by Crippen LogP contribution is -2.49. The molecule has 1 aliphatic heterocycles. The summed E-state index contributed by atoms with van der Waals surface area (Å²) in [6.07, 6.45) is 2.79. The van der Waals surface area contributed by atoms with Crippen molar-refractivity contribution in [2.75, 3.05) is 18.5 Å². The molecule has 1 amide bonds. The molecule has 1 fully saturated rings. The number of anilines is 1. The molecular formula is C15H16FN5O6. The fourth-order valence-electron chi connectivity index (χ4n) is 2.73. The van der Waals surface area contributed by atoms with Gasteiger partial charge in [-0.3, -0.25) is 9.88 Å². The molecule has 0 unspecified atom stereocenters. The molecule has 1 aliphatic rings. The van der Waals surface area contributed by atoms with Gasteiger partial charge in [-0.25, -0.2) is 24.1 Å². The summed E-state index contributed by atoms with van der Waals surface area (Å²) in [5.74, 6) is -1.11. The minimum atomic E-state index is -3.00. The summed E-state index contributed by atoms with van der Waals surface area (Å²) in [7, 11) is 0. The van der Waals surface area contributed by atoms with Crippen molar-refractivity contribution in [3.05, 3.63) is 12.7 Å². The maximum Gasteiger partial charge on any atom is 0.412 e. The Morgan fingerprint density at radius 3 is 2.93 bits per heavy atom. The van der Waals surface area contributed by atoms with Crippen LogP contribution in [0.3, 0.4) is 0 Å². The summed E-state index contributed by atoms with van der Waals surface area (Å²) in [4.78, 5) is 23.5. The van der Waals surface area contributed by atoms with Crippen LogP contribution in [-0.4, -0.2) is 71.7 Å². The van der Waals surface area contributed by atoms with Gasteiger partial charge >= 0.3 is 6.09 Å². The fourth-order valence-corrected chi connectivity index (χ4v) is 2.73. The average molecular weight is 381 g/mol. The second-order valence-electron chi connectivity index (χ2n) is 5.68.